The number of nitrogens with one attached hydrogen (secondary N) is 2. The molecule has 0 unspecified atom stereocenters. The highest BCUT2D eigenvalue weighted by Gasteiger charge is 2.55. The topological polar surface area (TPSA) is 143 Å². The quantitative estimate of drug-likeness (QED) is 0.554. The molecule has 0 spiro atoms. The number of aromatic nitrogens is 2. The number of carbonyl (C=O) groups excluding carboxylic acids is 1. The molecule has 3 aliphatic carbocycles. The van der Waals surface area contributed by atoms with Crippen LogP contribution in [0.3, 0.4) is 0 Å². The van der Waals surface area contributed by atoms with Crippen molar-refractivity contribution in [2.45, 2.75) is 49.3 Å². The average Bonchev–Trinajstić information content (AvgIpc) is 2.61. The SMILES string of the molecule is COc1ncc(OCC(=O)NC23CCC(NC(=O)O)(CC2)[C@@H](O)C3)cn1. The first-order valence-electron chi connectivity index (χ1n) is 8.35. The van der Waals surface area contributed by atoms with Crippen molar-refractivity contribution in [2.24, 2.45) is 0 Å². The minimum absolute atomic E-state index is 0.202. The van der Waals surface area contributed by atoms with Gasteiger partial charge in [0.1, 0.15) is 0 Å². The number of hydrogen-bond acceptors (Lipinski definition) is 7. The molecule has 0 radical (unpaired) electrons. The second-order valence-corrected chi connectivity index (χ2v) is 6.83. The lowest BCUT2D eigenvalue weighted by molar-refractivity contribution is -0.129. The molecule has 3 aliphatic rings. The van der Waals surface area contributed by atoms with Gasteiger partial charge in [-0.2, -0.15) is 9.97 Å². The Bertz CT molecular complexity index is 672. The van der Waals surface area contributed by atoms with Crippen molar-refractivity contribution >= 4 is 12.0 Å². The molecule has 26 heavy (non-hydrogen) atoms. The van der Waals surface area contributed by atoms with Gasteiger partial charge < -0.3 is 30.3 Å². The zero-order valence-corrected chi connectivity index (χ0v) is 14.4. The van der Waals surface area contributed by atoms with Gasteiger partial charge in [0.15, 0.2) is 12.4 Å². The third kappa shape index (κ3) is 3.64. The van der Waals surface area contributed by atoms with Crippen LogP contribution in [0.1, 0.15) is 32.1 Å². The van der Waals surface area contributed by atoms with E-state index >= 15 is 0 Å². The van der Waals surface area contributed by atoms with Crippen molar-refractivity contribution in [3.05, 3.63) is 12.4 Å². The molecule has 1 aromatic rings. The molecule has 10 nitrogen and oxygen atoms in total. The summed E-state index contributed by atoms with van der Waals surface area (Å²) in [5.41, 5.74) is -1.34. The predicted molar refractivity (Wildman–Crippen MR) is 87.9 cm³/mol. The third-order valence-corrected chi connectivity index (χ3v) is 5.24. The zero-order chi connectivity index (χ0) is 18.8. The number of carboxylic acid groups (broad SMARTS) is 1. The maximum atomic E-state index is 12.3. The molecule has 1 atom stereocenters. The summed E-state index contributed by atoms with van der Waals surface area (Å²) in [6.45, 7) is -0.202. The summed E-state index contributed by atoms with van der Waals surface area (Å²) in [5.74, 6) is 0.0315. The number of amides is 2. The Hall–Kier alpha value is -2.62. The van der Waals surface area contributed by atoms with Gasteiger partial charge in [0.25, 0.3) is 5.91 Å². The molecule has 3 saturated carbocycles. The fraction of sp³-hybridized carbons (Fsp3) is 0.625. The molecule has 142 valence electrons. The van der Waals surface area contributed by atoms with Crippen LogP contribution in [0.25, 0.3) is 0 Å². The number of fused-ring (bicyclic) bond motifs is 3. The number of hydrogen-bond donors (Lipinski definition) is 4. The van der Waals surface area contributed by atoms with Gasteiger partial charge >= 0.3 is 12.1 Å². The molecule has 1 aromatic heterocycles. The third-order valence-electron chi connectivity index (χ3n) is 5.24. The summed E-state index contributed by atoms with van der Waals surface area (Å²) < 4.78 is 10.2. The summed E-state index contributed by atoms with van der Waals surface area (Å²) in [6.07, 6.45) is 3.31. The minimum Gasteiger partial charge on any atom is -0.481 e. The second-order valence-electron chi connectivity index (χ2n) is 6.83. The zero-order valence-electron chi connectivity index (χ0n) is 14.4. The maximum absolute atomic E-state index is 12.3. The van der Waals surface area contributed by atoms with Crippen molar-refractivity contribution in [1.82, 2.24) is 20.6 Å². The Morgan fingerprint density at radius 3 is 2.42 bits per heavy atom. The van der Waals surface area contributed by atoms with Crippen LogP contribution in [0, 0.1) is 0 Å². The van der Waals surface area contributed by atoms with Crippen LogP contribution < -0.4 is 20.1 Å². The number of carbonyl (C=O) groups is 2. The number of nitrogens with zero attached hydrogens (tertiary/aromatic N) is 2. The number of aliphatic hydroxyl groups excluding tert-OH is 1. The van der Waals surface area contributed by atoms with Crippen LogP contribution in [0.15, 0.2) is 12.4 Å². The van der Waals surface area contributed by atoms with E-state index in [1.54, 1.807) is 0 Å². The normalized spacial score (nSPS) is 29.7. The first kappa shape index (κ1) is 18.2. The Kier molecular flexibility index (Phi) is 4.86. The predicted octanol–water partition coefficient (Wildman–Crippen LogP) is 0.0640. The minimum atomic E-state index is -1.14. The van der Waals surface area contributed by atoms with Crippen molar-refractivity contribution in [1.29, 1.82) is 0 Å². The number of rotatable bonds is 6. The van der Waals surface area contributed by atoms with Gasteiger partial charge in [-0.25, -0.2) is 4.79 Å². The van der Waals surface area contributed by atoms with Gasteiger partial charge in [-0.1, -0.05) is 0 Å². The first-order chi connectivity index (χ1) is 12.4. The molecule has 4 N–H and O–H groups in total. The maximum Gasteiger partial charge on any atom is 0.405 e. The van der Waals surface area contributed by atoms with E-state index in [0.717, 1.165) is 0 Å². The lowest BCUT2D eigenvalue weighted by Crippen LogP contribution is -2.70. The first-order valence-corrected chi connectivity index (χ1v) is 8.35. The molecule has 2 amide bonds. The summed E-state index contributed by atoms with van der Waals surface area (Å²) in [7, 11) is 1.45. The van der Waals surface area contributed by atoms with E-state index in [1.165, 1.54) is 19.5 Å². The van der Waals surface area contributed by atoms with Gasteiger partial charge in [0, 0.05) is 5.54 Å². The highest BCUT2D eigenvalue weighted by molar-refractivity contribution is 5.78. The molecule has 0 aliphatic heterocycles. The fourth-order valence-corrected chi connectivity index (χ4v) is 3.84. The number of aliphatic hydroxyl groups is 1. The van der Waals surface area contributed by atoms with Crippen LogP contribution in [0.5, 0.6) is 11.8 Å². The molecule has 0 saturated heterocycles. The molecular weight excluding hydrogens is 344 g/mol. The second kappa shape index (κ2) is 6.94. The van der Waals surface area contributed by atoms with Gasteiger partial charge in [0.05, 0.1) is 31.1 Å². The Morgan fingerprint density at radius 2 is 1.88 bits per heavy atom. The summed E-state index contributed by atoms with van der Waals surface area (Å²) >= 11 is 0. The fourth-order valence-electron chi connectivity index (χ4n) is 3.84. The van der Waals surface area contributed by atoms with E-state index in [-0.39, 0.29) is 18.5 Å². The molecule has 3 fully saturated rings. The van der Waals surface area contributed by atoms with Crippen molar-refractivity contribution in [2.75, 3.05) is 13.7 Å². The monoisotopic (exact) mass is 366 g/mol. The summed E-state index contributed by atoms with van der Waals surface area (Å²) in [5, 5.41) is 24.8. The molecule has 4 rings (SSSR count). The van der Waals surface area contributed by atoms with Crippen LogP contribution in [-0.4, -0.2) is 63.1 Å². The van der Waals surface area contributed by atoms with Crippen LogP contribution in [-0.2, 0) is 4.79 Å². The van der Waals surface area contributed by atoms with Crippen LogP contribution in [0.2, 0.25) is 0 Å². The van der Waals surface area contributed by atoms with Crippen molar-refractivity contribution < 1.29 is 29.3 Å². The standard InChI is InChI=1S/C16H22N4O6/c1-25-13-17-7-10(8-18-13)26-9-12(22)19-15-2-4-16(5-3-15,11(21)6-15)20-14(23)24/h7-8,11,20-21H,2-6,9H2,1H3,(H,19,22)(H,23,24)/t11-,15?,16?/m0/s1. The van der Waals surface area contributed by atoms with E-state index in [1.807, 2.05) is 0 Å². The van der Waals surface area contributed by atoms with E-state index in [4.69, 9.17) is 14.6 Å². The Morgan fingerprint density at radius 1 is 1.23 bits per heavy atom. The smallest absolute Gasteiger partial charge is 0.405 e. The summed E-state index contributed by atoms with van der Waals surface area (Å²) in [4.78, 5) is 31.0. The van der Waals surface area contributed by atoms with Crippen LogP contribution >= 0.6 is 0 Å². The highest BCUT2D eigenvalue weighted by Crippen LogP contribution is 2.47. The van der Waals surface area contributed by atoms with E-state index in [2.05, 4.69) is 20.6 Å². The van der Waals surface area contributed by atoms with Crippen molar-refractivity contribution in [3.63, 3.8) is 0 Å². The van der Waals surface area contributed by atoms with Gasteiger partial charge in [-0.15, -0.1) is 0 Å². The molecular formula is C16H22N4O6. The highest BCUT2D eigenvalue weighted by atomic mass is 16.5. The van der Waals surface area contributed by atoms with Crippen molar-refractivity contribution in [3.8, 4) is 11.8 Å². The number of ether oxygens (including phenoxy) is 2. The van der Waals surface area contributed by atoms with E-state index in [0.29, 0.717) is 37.9 Å². The average molecular weight is 366 g/mol. The van der Waals surface area contributed by atoms with E-state index in [9.17, 15) is 14.7 Å². The van der Waals surface area contributed by atoms with Gasteiger partial charge in [-0.3, -0.25) is 4.79 Å². The molecule has 1 heterocycles. The Balaban J connectivity index is 1.54. The van der Waals surface area contributed by atoms with Gasteiger partial charge in [0.2, 0.25) is 0 Å². The summed E-state index contributed by atoms with van der Waals surface area (Å²) in [6, 6.07) is 0.206. The van der Waals surface area contributed by atoms with Gasteiger partial charge in [-0.05, 0) is 32.1 Å². The lowest BCUT2D eigenvalue weighted by atomic mass is 9.60. The van der Waals surface area contributed by atoms with E-state index < -0.39 is 23.3 Å². The molecule has 2 bridgehead atoms. The Labute approximate surface area is 149 Å². The molecule has 10 heteroatoms. The molecule has 0 aromatic carbocycles. The largest absolute Gasteiger partial charge is 0.481 e. The number of methoxy groups -OCH3 is 1. The van der Waals surface area contributed by atoms with Crippen LogP contribution in [0.4, 0.5) is 4.79 Å². The lowest BCUT2D eigenvalue weighted by Gasteiger charge is -2.55.